The number of fused-ring (bicyclic) bond motifs is 10. The van der Waals surface area contributed by atoms with E-state index in [0.29, 0.717) is 17.9 Å². The van der Waals surface area contributed by atoms with Crippen molar-refractivity contribution < 1.29 is 47.6 Å². The van der Waals surface area contributed by atoms with Crippen LogP contribution in [0.2, 0.25) is 0 Å². The van der Waals surface area contributed by atoms with Crippen LogP contribution < -0.4 is 14.8 Å². The van der Waals surface area contributed by atoms with E-state index in [1.165, 1.54) is 22.3 Å². The monoisotopic (exact) mass is 717 g/mol. The molecule has 1 spiro atoms. The number of benzene rings is 4. The zero-order chi connectivity index (χ0) is 37.2. The van der Waals surface area contributed by atoms with Gasteiger partial charge < -0.3 is 33.7 Å². The van der Waals surface area contributed by atoms with Crippen molar-refractivity contribution in [2.75, 3.05) is 46.2 Å². The third kappa shape index (κ3) is 7.79. The van der Waals surface area contributed by atoms with Crippen LogP contribution in [0.1, 0.15) is 35.1 Å². The topological polar surface area (TPSA) is 136 Å². The first kappa shape index (κ1) is 36.4. The number of carbonyl (C=O) groups is 4. The Bertz CT molecular complexity index is 1890. The number of esters is 3. The summed E-state index contributed by atoms with van der Waals surface area (Å²) in [6.45, 7) is 7.20. The average molecular weight is 718 g/mol. The van der Waals surface area contributed by atoms with Gasteiger partial charge in [0.05, 0.1) is 18.6 Å². The zero-order valence-corrected chi connectivity index (χ0v) is 29.1. The second kappa shape index (κ2) is 16.8. The number of alkyl carbamates (subject to hydrolysis) is 1. The van der Waals surface area contributed by atoms with Crippen molar-refractivity contribution in [3.05, 3.63) is 132 Å². The molecule has 272 valence electrons. The van der Waals surface area contributed by atoms with Gasteiger partial charge in [-0.2, -0.15) is 0 Å². The molecule has 4 aromatic carbocycles. The predicted octanol–water partition coefficient (Wildman–Crippen LogP) is 6.30. The van der Waals surface area contributed by atoms with Gasteiger partial charge in [-0.1, -0.05) is 73.8 Å². The standard InChI is InChI=1S/C42H39NO10/c1-3-38(44)50-20-9-14-40(46)52-24-22-48-28-15-17-36-32(26-28)33-27-29(49-23-25-53-41(47)43-19-21-51-39(45)4-2)16-18-37(33)42(36)34-12-7-5-10-30(34)31-11-6-8-13-35(31)42/h3-8,10-13,15-18,26-27H,1-2,9,14,19-25H2,(H,43,47). The van der Waals surface area contributed by atoms with E-state index in [9.17, 15) is 19.2 Å². The Morgan fingerprint density at radius 2 is 1.08 bits per heavy atom. The molecule has 0 radical (unpaired) electrons. The van der Waals surface area contributed by atoms with Crippen LogP contribution in [0, 0.1) is 0 Å². The molecular formula is C42H39NO10. The molecule has 0 heterocycles. The maximum absolute atomic E-state index is 12.2. The Labute approximate surface area is 307 Å². The lowest BCUT2D eigenvalue weighted by atomic mass is 9.70. The number of carbonyl (C=O) groups excluding carboxylic acids is 4. The van der Waals surface area contributed by atoms with E-state index in [2.05, 4.69) is 79.1 Å². The van der Waals surface area contributed by atoms with Crippen LogP contribution in [-0.2, 0) is 38.7 Å². The third-order valence-electron chi connectivity index (χ3n) is 8.95. The Kier molecular flexibility index (Phi) is 11.5. The summed E-state index contributed by atoms with van der Waals surface area (Å²) >= 11 is 0. The SMILES string of the molecule is C=CC(=O)OCCCC(=O)OCCOc1ccc2c(c1)-c1cc(OCCOC(=O)NCCOC(=O)C=C)ccc1C21c2ccccc2-c2ccccc21. The van der Waals surface area contributed by atoms with Crippen LogP contribution in [0.5, 0.6) is 11.5 Å². The van der Waals surface area contributed by atoms with Crippen LogP contribution in [0.15, 0.2) is 110 Å². The molecule has 1 N–H and O–H groups in total. The van der Waals surface area contributed by atoms with E-state index in [1.54, 1.807) is 0 Å². The second-order valence-corrected chi connectivity index (χ2v) is 12.1. The van der Waals surface area contributed by atoms with Gasteiger partial charge >= 0.3 is 24.0 Å². The van der Waals surface area contributed by atoms with Crippen LogP contribution >= 0.6 is 0 Å². The van der Waals surface area contributed by atoms with Crippen LogP contribution in [0.25, 0.3) is 22.3 Å². The fourth-order valence-electron chi connectivity index (χ4n) is 6.83. The minimum Gasteiger partial charge on any atom is -0.490 e. The number of rotatable bonds is 17. The minimum atomic E-state index is -0.652. The van der Waals surface area contributed by atoms with Gasteiger partial charge in [-0.25, -0.2) is 14.4 Å². The van der Waals surface area contributed by atoms with Gasteiger partial charge in [0.25, 0.3) is 0 Å². The van der Waals surface area contributed by atoms with Crippen molar-refractivity contribution in [2.24, 2.45) is 0 Å². The predicted molar refractivity (Wildman–Crippen MR) is 196 cm³/mol. The highest BCUT2D eigenvalue weighted by Crippen LogP contribution is 2.63. The quantitative estimate of drug-likeness (QED) is 0.0496. The lowest BCUT2D eigenvalue weighted by Crippen LogP contribution is -2.29. The van der Waals surface area contributed by atoms with E-state index < -0.39 is 29.4 Å². The van der Waals surface area contributed by atoms with Gasteiger partial charge in [-0.15, -0.1) is 0 Å². The molecule has 0 saturated carbocycles. The molecule has 2 aliphatic rings. The van der Waals surface area contributed by atoms with Crippen LogP contribution in [-0.4, -0.2) is 70.2 Å². The molecule has 0 fully saturated rings. The van der Waals surface area contributed by atoms with Crippen molar-refractivity contribution in [3.63, 3.8) is 0 Å². The first-order valence-corrected chi connectivity index (χ1v) is 17.3. The fourth-order valence-corrected chi connectivity index (χ4v) is 6.83. The molecule has 2 aliphatic carbocycles. The zero-order valence-electron chi connectivity index (χ0n) is 29.1. The van der Waals surface area contributed by atoms with Crippen molar-refractivity contribution in [1.29, 1.82) is 0 Å². The van der Waals surface area contributed by atoms with Crippen molar-refractivity contribution in [2.45, 2.75) is 18.3 Å². The summed E-state index contributed by atoms with van der Waals surface area (Å²) in [5, 5.41) is 2.51. The highest BCUT2D eigenvalue weighted by molar-refractivity contribution is 5.95. The lowest BCUT2D eigenvalue weighted by molar-refractivity contribution is -0.146. The molecule has 0 aliphatic heterocycles. The van der Waals surface area contributed by atoms with Crippen molar-refractivity contribution >= 4 is 24.0 Å². The molecule has 0 unspecified atom stereocenters. The molecule has 11 heteroatoms. The summed E-state index contributed by atoms with van der Waals surface area (Å²) in [6, 6.07) is 29.0. The summed E-state index contributed by atoms with van der Waals surface area (Å²) in [4.78, 5) is 46.5. The van der Waals surface area contributed by atoms with E-state index in [1.807, 2.05) is 24.3 Å². The Morgan fingerprint density at radius 3 is 1.64 bits per heavy atom. The van der Waals surface area contributed by atoms with Gasteiger partial charge in [0.1, 0.15) is 44.5 Å². The van der Waals surface area contributed by atoms with E-state index in [-0.39, 0.29) is 52.6 Å². The molecule has 0 bridgehead atoms. The summed E-state index contributed by atoms with van der Waals surface area (Å²) < 4.78 is 32.4. The van der Waals surface area contributed by atoms with Gasteiger partial charge in [0.15, 0.2) is 0 Å². The average Bonchev–Trinajstić information content (AvgIpc) is 3.64. The maximum atomic E-state index is 12.2. The van der Waals surface area contributed by atoms with Crippen LogP contribution in [0.3, 0.4) is 0 Å². The normalized spacial score (nSPS) is 12.3. The van der Waals surface area contributed by atoms with Crippen LogP contribution in [0.4, 0.5) is 4.79 Å². The maximum Gasteiger partial charge on any atom is 0.407 e. The highest BCUT2D eigenvalue weighted by atomic mass is 16.6. The largest absolute Gasteiger partial charge is 0.490 e. The van der Waals surface area contributed by atoms with Gasteiger partial charge in [0.2, 0.25) is 0 Å². The fraction of sp³-hybridized carbons (Fsp3) is 0.238. The van der Waals surface area contributed by atoms with Gasteiger partial charge in [-0.3, -0.25) is 4.79 Å². The molecular weight excluding hydrogens is 678 g/mol. The number of nitrogens with one attached hydrogen (secondary N) is 1. The van der Waals surface area contributed by atoms with Crippen molar-refractivity contribution in [1.82, 2.24) is 5.32 Å². The first-order chi connectivity index (χ1) is 25.9. The van der Waals surface area contributed by atoms with Crippen molar-refractivity contribution in [3.8, 4) is 33.8 Å². The van der Waals surface area contributed by atoms with E-state index in [0.717, 1.165) is 34.4 Å². The van der Waals surface area contributed by atoms with Gasteiger partial charge in [-0.05, 0) is 75.2 Å². The molecule has 1 amide bonds. The lowest BCUT2D eigenvalue weighted by Gasteiger charge is -2.30. The Balaban J connectivity index is 1.17. The Hall–Kier alpha value is -6.36. The number of ether oxygens (including phenoxy) is 6. The molecule has 6 rings (SSSR count). The molecule has 4 aromatic rings. The first-order valence-electron chi connectivity index (χ1n) is 17.3. The molecule has 11 nitrogen and oxygen atoms in total. The number of hydrogen-bond acceptors (Lipinski definition) is 10. The minimum absolute atomic E-state index is 0.00167. The smallest absolute Gasteiger partial charge is 0.407 e. The summed E-state index contributed by atoms with van der Waals surface area (Å²) in [7, 11) is 0. The Morgan fingerprint density at radius 1 is 0.566 bits per heavy atom. The summed E-state index contributed by atoms with van der Waals surface area (Å²) in [5.74, 6) is -0.293. The third-order valence-corrected chi connectivity index (χ3v) is 8.95. The second-order valence-electron chi connectivity index (χ2n) is 12.1. The molecule has 0 saturated heterocycles. The van der Waals surface area contributed by atoms with E-state index in [4.69, 9.17) is 28.4 Å². The number of amides is 1. The number of hydrogen-bond donors (Lipinski definition) is 1. The summed E-state index contributed by atoms with van der Waals surface area (Å²) in [6.07, 6.45) is 1.93. The highest BCUT2D eigenvalue weighted by Gasteiger charge is 2.51. The molecule has 53 heavy (non-hydrogen) atoms. The van der Waals surface area contributed by atoms with Gasteiger partial charge in [0, 0.05) is 18.6 Å². The summed E-state index contributed by atoms with van der Waals surface area (Å²) in [5.41, 5.74) is 8.34. The van der Waals surface area contributed by atoms with E-state index >= 15 is 0 Å². The molecule has 0 atom stereocenters. The molecule has 0 aromatic heterocycles.